The van der Waals surface area contributed by atoms with Crippen molar-refractivity contribution < 1.29 is 4.42 Å². The van der Waals surface area contributed by atoms with Crippen LogP contribution in [0.2, 0.25) is 0 Å². The van der Waals surface area contributed by atoms with Crippen molar-refractivity contribution in [2.75, 3.05) is 32.7 Å². The van der Waals surface area contributed by atoms with E-state index in [-0.39, 0.29) is 0 Å². The van der Waals surface area contributed by atoms with Crippen LogP contribution in [0.15, 0.2) is 22.6 Å². The number of fused-ring (bicyclic) bond motifs is 1. The first kappa shape index (κ1) is 13.6. The topological polar surface area (TPSA) is 41.3 Å². The minimum atomic E-state index is 0.340. The average Bonchev–Trinajstić information content (AvgIpc) is 2.89. The maximum Gasteiger partial charge on any atom is 0.198 e. The Morgan fingerprint density at radius 1 is 1.30 bits per heavy atom. The lowest BCUT2D eigenvalue weighted by Gasteiger charge is -2.27. The number of nitrogens with one attached hydrogen (secondary N) is 1. The van der Waals surface area contributed by atoms with E-state index in [1.807, 2.05) is 0 Å². The molecule has 0 bridgehead atoms. The Hall–Kier alpha value is -1.39. The summed E-state index contributed by atoms with van der Waals surface area (Å²) in [5.74, 6) is 1.17. The predicted molar refractivity (Wildman–Crippen MR) is 81.1 cm³/mol. The van der Waals surface area contributed by atoms with E-state index in [4.69, 9.17) is 4.42 Å². The molecule has 3 rings (SSSR count). The molecule has 1 aliphatic rings. The number of rotatable bonds is 4. The summed E-state index contributed by atoms with van der Waals surface area (Å²) < 4.78 is 5.75. The van der Waals surface area contributed by atoms with Crippen LogP contribution in [0.4, 0.5) is 0 Å². The second-order valence-corrected chi connectivity index (χ2v) is 5.85. The van der Waals surface area contributed by atoms with Gasteiger partial charge in [-0.25, -0.2) is 4.98 Å². The zero-order chi connectivity index (χ0) is 13.9. The predicted octanol–water partition coefficient (Wildman–Crippen LogP) is 2.40. The minimum absolute atomic E-state index is 0.340. The number of nitrogens with zero attached hydrogens (tertiary/aromatic N) is 2. The summed E-state index contributed by atoms with van der Waals surface area (Å²) in [7, 11) is 0. The Morgan fingerprint density at radius 2 is 2.10 bits per heavy atom. The van der Waals surface area contributed by atoms with Crippen molar-refractivity contribution in [1.82, 2.24) is 15.2 Å². The van der Waals surface area contributed by atoms with Gasteiger partial charge in [-0.3, -0.25) is 0 Å². The lowest BCUT2D eigenvalue weighted by atomic mass is 10.1. The molecule has 0 aliphatic carbocycles. The molecule has 0 unspecified atom stereocenters. The third-order valence-electron chi connectivity index (χ3n) is 3.89. The van der Waals surface area contributed by atoms with Gasteiger partial charge in [-0.2, -0.15) is 0 Å². The van der Waals surface area contributed by atoms with Crippen LogP contribution in [-0.4, -0.2) is 42.6 Å². The van der Waals surface area contributed by atoms with Crippen LogP contribution in [0.1, 0.15) is 31.2 Å². The van der Waals surface area contributed by atoms with Crippen molar-refractivity contribution in [1.29, 1.82) is 0 Å². The molecule has 1 aliphatic heterocycles. The number of hydrogen-bond donors (Lipinski definition) is 1. The maximum absolute atomic E-state index is 5.75. The van der Waals surface area contributed by atoms with Gasteiger partial charge >= 0.3 is 0 Å². The summed E-state index contributed by atoms with van der Waals surface area (Å²) in [4.78, 5) is 7.09. The smallest absolute Gasteiger partial charge is 0.198 e. The normalized spacial score (nSPS) is 17.1. The number of aromatic nitrogens is 1. The van der Waals surface area contributed by atoms with E-state index in [0.717, 1.165) is 56.1 Å². The highest BCUT2D eigenvalue weighted by Crippen LogP contribution is 2.22. The Labute approximate surface area is 120 Å². The van der Waals surface area contributed by atoms with Gasteiger partial charge in [0.15, 0.2) is 11.5 Å². The number of benzene rings is 1. The summed E-state index contributed by atoms with van der Waals surface area (Å²) >= 11 is 0. The Bertz CT molecular complexity index is 570. The minimum Gasteiger partial charge on any atom is -0.440 e. The van der Waals surface area contributed by atoms with E-state index in [9.17, 15) is 0 Å². The van der Waals surface area contributed by atoms with Crippen LogP contribution < -0.4 is 5.32 Å². The summed E-state index contributed by atoms with van der Waals surface area (Å²) in [5.41, 5.74) is 3.24. The lowest BCUT2D eigenvalue weighted by Crippen LogP contribution is -2.44. The van der Waals surface area contributed by atoms with Gasteiger partial charge in [0, 0.05) is 38.6 Å². The first-order valence-corrected chi connectivity index (χ1v) is 7.55. The molecule has 0 atom stereocenters. The van der Waals surface area contributed by atoms with Crippen LogP contribution in [0.3, 0.4) is 0 Å². The zero-order valence-electron chi connectivity index (χ0n) is 12.4. The molecule has 0 radical (unpaired) electrons. The molecule has 4 nitrogen and oxygen atoms in total. The highest BCUT2D eigenvalue weighted by atomic mass is 16.3. The highest BCUT2D eigenvalue weighted by molar-refractivity contribution is 5.73. The van der Waals surface area contributed by atoms with Crippen LogP contribution in [-0.2, 0) is 6.42 Å². The highest BCUT2D eigenvalue weighted by Gasteiger charge is 2.11. The fourth-order valence-corrected chi connectivity index (χ4v) is 2.62. The number of oxazole rings is 1. The van der Waals surface area contributed by atoms with Gasteiger partial charge < -0.3 is 14.6 Å². The van der Waals surface area contributed by atoms with Crippen LogP contribution >= 0.6 is 0 Å². The van der Waals surface area contributed by atoms with Gasteiger partial charge in [-0.1, -0.05) is 19.9 Å². The molecule has 2 aromatic rings. The monoisotopic (exact) mass is 273 g/mol. The van der Waals surface area contributed by atoms with Gasteiger partial charge in [0.1, 0.15) is 5.52 Å². The van der Waals surface area contributed by atoms with Gasteiger partial charge in [0.05, 0.1) is 0 Å². The first-order valence-electron chi connectivity index (χ1n) is 7.55. The lowest BCUT2D eigenvalue weighted by molar-refractivity contribution is 0.244. The van der Waals surface area contributed by atoms with Crippen LogP contribution in [0, 0.1) is 0 Å². The first-order chi connectivity index (χ1) is 9.72. The fraction of sp³-hybridized carbons (Fsp3) is 0.562. The molecule has 20 heavy (non-hydrogen) atoms. The SMILES string of the molecule is CC(C)c1nc2cc(CCN3CCNCC3)ccc2o1. The Balaban J connectivity index is 1.68. The van der Waals surface area contributed by atoms with Crippen molar-refractivity contribution >= 4 is 11.1 Å². The number of hydrogen-bond acceptors (Lipinski definition) is 4. The van der Waals surface area contributed by atoms with E-state index in [2.05, 4.69) is 47.2 Å². The van der Waals surface area contributed by atoms with E-state index < -0.39 is 0 Å². The van der Waals surface area contributed by atoms with E-state index in [1.54, 1.807) is 0 Å². The molecular weight excluding hydrogens is 250 g/mol. The molecule has 1 aromatic heterocycles. The Kier molecular flexibility index (Phi) is 4.03. The third kappa shape index (κ3) is 3.02. The fourth-order valence-electron chi connectivity index (χ4n) is 2.62. The Morgan fingerprint density at radius 3 is 2.85 bits per heavy atom. The summed E-state index contributed by atoms with van der Waals surface area (Å²) in [6.45, 7) is 9.88. The van der Waals surface area contributed by atoms with Crippen LogP contribution in [0.25, 0.3) is 11.1 Å². The molecule has 1 aromatic carbocycles. The summed E-state index contributed by atoms with van der Waals surface area (Å²) in [5, 5.41) is 3.39. The van der Waals surface area contributed by atoms with E-state index in [0.29, 0.717) is 5.92 Å². The third-order valence-corrected chi connectivity index (χ3v) is 3.89. The largest absolute Gasteiger partial charge is 0.440 e. The van der Waals surface area contributed by atoms with Crippen molar-refractivity contribution in [3.05, 3.63) is 29.7 Å². The molecular formula is C16H23N3O. The molecule has 2 heterocycles. The summed E-state index contributed by atoms with van der Waals surface area (Å²) in [6.07, 6.45) is 1.08. The summed E-state index contributed by atoms with van der Waals surface area (Å²) in [6, 6.07) is 6.40. The van der Waals surface area contributed by atoms with Crippen molar-refractivity contribution in [3.63, 3.8) is 0 Å². The van der Waals surface area contributed by atoms with E-state index >= 15 is 0 Å². The average molecular weight is 273 g/mol. The molecule has 0 saturated carbocycles. The molecule has 1 saturated heterocycles. The standard InChI is InChI=1S/C16H23N3O/c1-12(2)16-18-14-11-13(3-4-15(14)20-16)5-8-19-9-6-17-7-10-19/h3-4,11-12,17H,5-10H2,1-2H3. The van der Waals surface area contributed by atoms with E-state index in [1.165, 1.54) is 5.56 Å². The molecule has 1 fully saturated rings. The molecule has 108 valence electrons. The molecule has 1 N–H and O–H groups in total. The van der Waals surface area contributed by atoms with Crippen LogP contribution in [0.5, 0.6) is 0 Å². The second kappa shape index (κ2) is 5.94. The molecule has 4 heteroatoms. The zero-order valence-corrected chi connectivity index (χ0v) is 12.4. The van der Waals surface area contributed by atoms with Gasteiger partial charge in [0.25, 0.3) is 0 Å². The van der Waals surface area contributed by atoms with Gasteiger partial charge in [0.2, 0.25) is 0 Å². The van der Waals surface area contributed by atoms with Gasteiger partial charge in [-0.05, 0) is 24.1 Å². The van der Waals surface area contributed by atoms with Gasteiger partial charge in [-0.15, -0.1) is 0 Å². The quantitative estimate of drug-likeness (QED) is 0.929. The number of piperazine rings is 1. The van der Waals surface area contributed by atoms with Crippen molar-refractivity contribution in [2.45, 2.75) is 26.2 Å². The second-order valence-electron chi connectivity index (χ2n) is 5.85. The molecule has 0 amide bonds. The van der Waals surface area contributed by atoms with Crippen molar-refractivity contribution in [2.24, 2.45) is 0 Å². The molecule has 0 spiro atoms. The van der Waals surface area contributed by atoms with Crippen molar-refractivity contribution in [3.8, 4) is 0 Å². The maximum atomic E-state index is 5.75.